The van der Waals surface area contributed by atoms with Crippen molar-refractivity contribution in [3.05, 3.63) is 27.3 Å². The number of benzene rings is 1. The van der Waals surface area contributed by atoms with Crippen molar-refractivity contribution in [2.75, 3.05) is 13.7 Å². The van der Waals surface area contributed by atoms with E-state index in [1.807, 2.05) is 18.2 Å². The number of hydrogen-bond donors (Lipinski definition) is 0. The number of carbonyl (C=O) groups is 1. The van der Waals surface area contributed by atoms with Gasteiger partial charge in [-0.25, -0.2) is 0 Å². The molecule has 0 unspecified atom stereocenters. The molecular formula is C11H13IO3. The summed E-state index contributed by atoms with van der Waals surface area (Å²) < 4.78 is 11.1. The highest BCUT2D eigenvalue weighted by molar-refractivity contribution is 14.1. The highest BCUT2D eigenvalue weighted by Gasteiger charge is 2.01. The van der Waals surface area contributed by atoms with Crippen molar-refractivity contribution in [3.63, 3.8) is 0 Å². The van der Waals surface area contributed by atoms with Gasteiger partial charge >= 0.3 is 5.97 Å². The highest BCUT2D eigenvalue weighted by Crippen LogP contribution is 2.21. The molecule has 0 aliphatic rings. The van der Waals surface area contributed by atoms with Crippen LogP contribution in [-0.2, 0) is 16.0 Å². The Morgan fingerprint density at radius 2 is 2.20 bits per heavy atom. The second kappa shape index (κ2) is 5.95. The van der Waals surface area contributed by atoms with E-state index in [-0.39, 0.29) is 5.97 Å². The van der Waals surface area contributed by atoms with E-state index in [0.717, 1.165) is 21.3 Å². The lowest BCUT2D eigenvalue weighted by atomic mass is 10.1. The second-order valence-electron chi connectivity index (χ2n) is 3.06. The minimum absolute atomic E-state index is 0.238. The van der Waals surface area contributed by atoms with E-state index >= 15 is 0 Å². The van der Waals surface area contributed by atoms with Crippen LogP contribution in [0.4, 0.5) is 0 Å². The Balaban J connectivity index is 2.55. The van der Waals surface area contributed by atoms with Gasteiger partial charge in [0.1, 0.15) is 5.75 Å². The lowest BCUT2D eigenvalue weighted by Gasteiger charge is -2.06. The maximum absolute atomic E-state index is 10.6. The molecule has 0 heterocycles. The number of hydrogen-bond acceptors (Lipinski definition) is 3. The Kier molecular flexibility index (Phi) is 4.87. The number of rotatable bonds is 4. The quantitative estimate of drug-likeness (QED) is 0.631. The minimum Gasteiger partial charge on any atom is -0.496 e. The predicted molar refractivity (Wildman–Crippen MR) is 66.0 cm³/mol. The lowest BCUT2D eigenvalue weighted by molar-refractivity contribution is -0.140. The maximum Gasteiger partial charge on any atom is 0.302 e. The van der Waals surface area contributed by atoms with Crippen molar-refractivity contribution < 1.29 is 14.3 Å². The Morgan fingerprint density at radius 3 is 2.73 bits per heavy atom. The van der Waals surface area contributed by atoms with Crippen LogP contribution < -0.4 is 4.74 Å². The summed E-state index contributed by atoms with van der Waals surface area (Å²) in [4.78, 5) is 10.6. The fraction of sp³-hybridized carbons (Fsp3) is 0.364. The summed E-state index contributed by atoms with van der Waals surface area (Å²) in [5, 5.41) is 0. The van der Waals surface area contributed by atoms with E-state index in [4.69, 9.17) is 9.47 Å². The summed E-state index contributed by atoms with van der Waals surface area (Å²) in [7, 11) is 1.65. The topological polar surface area (TPSA) is 35.5 Å². The minimum atomic E-state index is -0.238. The molecule has 0 bridgehead atoms. The van der Waals surface area contributed by atoms with Gasteiger partial charge in [-0.3, -0.25) is 4.79 Å². The van der Waals surface area contributed by atoms with Gasteiger partial charge in [0.2, 0.25) is 0 Å². The van der Waals surface area contributed by atoms with Crippen molar-refractivity contribution >= 4 is 28.6 Å². The van der Waals surface area contributed by atoms with Gasteiger partial charge in [0.25, 0.3) is 0 Å². The maximum atomic E-state index is 10.6. The van der Waals surface area contributed by atoms with Gasteiger partial charge in [0.15, 0.2) is 0 Å². The molecule has 0 aromatic heterocycles. The van der Waals surface area contributed by atoms with Crippen LogP contribution in [0.3, 0.4) is 0 Å². The van der Waals surface area contributed by atoms with Gasteiger partial charge in [-0.15, -0.1) is 0 Å². The molecule has 1 aromatic carbocycles. The number of methoxy groups -OCH3 is 1. The van der Waals surface area contributed by atoms with Crippen LogP contribution in [0.15, 0.2) is 18.2 Å². The molecule has 0 radical (unpaired) electrons. The standard InChI is InChI=1S/C11H13IO3/c1-8(13)15-6-5-9-3-4-11(14-2)10(12)7-9/h3-4,7H,5-6H2,1-2H3. The summed E-state index contributed by atoms with van der Waals surface area (Å²) in [5.41, 5.74) is 1.14. The van der Waals surface area contributed by atoms with E-state index in [1.165, 1.54) is 6.92 Å². The molecule has 1 aromatic rings. The van der Waals surface area contributed by atoms with E-state index in [2.05, 4.69) is 22.6 Å². The molecule has 15 heavy (non-hydrogen) atoms. The number of halogens is 1. The van der Waals surface area contributed by atoms with Gasteiger partial charge in [-0.05, 0) is 40.3 Å². The Labute approximate surface area is 103 Å². The molecule has 0 aliphatic carbocycles. The van der Waals surface area contributed by atoms with Crippen LogP contribution in [0.25, 0.3) is 0 Å². The van der Waals surface area contributed by atoms with Gasteiger partial charge < -0.3 is 9.47 Å². The van der Waals surface area contributed by atoms with Gasteiger partial charge in [0, 0.05) is 13.3 Å². The zero-order valence-electron chi connectivity index (χ0n) is 8.75. The van der Waals surface area contributed by atoms with Crippen LogP contribution >= 0.6 is 22.6 Å². The molecule has 0 amide bonds. The molecule has 0 atom stereocenters. The zero-order chi connectivity index (χ0) is 11.3. The molecule has 0 saturated carbocycles. The molecule has 0 aliphatic heterocycles. The monoisotopic (exact) mass is 320 g/mol. The molecule has 4 heteroatoms. The van der Waals surface area contributed by atoms with Gasteiger partial charge in [-0.2, -0.15) is 0 Å². The fourth-order valence-electron chi connectivity index (χ4n) is 1.18. The van der Waals surface area contributed by atoms with Crippen molar-refractivity contribution in [2.45, 2.75) is 13.3 Å². The Morgan fingerprint density at radius 1 is 1.47 bits per heavy atom. The third kappa shape index (κ3) is 4.07. The summed E-state index contributed by atoms with van der Waals surface area (Å²) in [6.07, 6.45) is 0.736. The van der Waals surface area contributed by atoms with Crippen molar-refractivity contribution in [1.29, 1.82) is 0 Å². The molecule has 3 nitrogen and oxygen atoms in total. The third-order valence-electron chi connectivity index (χ3n) is 1.91. The SMILES string of the molecule is COc1ccc(CCOC(C)=O)cc1I. The first-order valence-corrected chi connectivity index (χ1v) is 5.67. The summed E-state index contributed by atoms with van der Waals surface area (Å²) >= 11 is 2.22. The van der Waals surface area contributed by atoms with Crippen LogP contribution in [0.2, 0.25) is 0 Å². The highest BCUT2D eigenvalue weighted by atomic mass is 127. The Bertz CT molecular complexity index is 350. The first kappa shape index (κ1) is 12.3. The van der Waals surface area contributed by atoms with E-state index < -0.39 is 0 Å². The average Bonchev–Trinajstić information content (AvgIpc) is 2.17. The fourth-order valence-corrected chi connectivity index (χ4v) is 1.98. The Hall–Kier alpha value is -0.780. The lowest BCUT2D eigenvalue weighted by Crippen LogP contribution is -2.03. The molecule has 0 saturated heterocycles. The van der Waals surface area contributed by atoms with Crippen LogP contribution in [0, 0.1) is 3.57 Å². The molecule has 0 fully saturated rings. The molecule has 0 spiro atoms. The number of ether oxygens (including phenoxy) is 2. The predicted octanol–water partition coefficient (Wildman–Crippen LogP) is 2.41. The number of esters is 1. The largest absolute Gasteiger partial charge is 0.496 e. The van der Waals surface area contributed by atoms with Crippen molar-refractivity contribution in [1.82, 2.24) is 0 Å². The van der Waals surface area contributed by atoms with Crippen molar-refractivity contribution in [3.8, 4) is 5.75 Å². The molecule has 82 valence electrons. The number of carbonyl (C=O) groups excluding carboxylic acids is 1. The molecule has 0 N–H and O–H groups in total. The van der Waals surface area contributed by atoms with Crippen LogP contribution in [0.1, 0.15) is 12.5 Å². The van der Waals surface area contributed by atoms with E-state index in [1.54, 1.807) is 7.11 Å². The third-order valence-corrected chi connectivity index (χ3v) is 2.76. The van der Waals surface area contributed by atoms with Crippen molar-refractivity contribution in [2.24, 2.45) is 0 Å². The zero-order valence-corrected chi connectivity index (χ0v) is 10.9. The molecule has 1 rings (SSSR count). The first-order valence-electron chi connectivity index (χ1n) is 4.59. The van der Waals surface area contributed by atoms with Gasteiger partial charge in [-0.1, -0.05) is 6.07 Å². The average molecular weight is 320 g/mol. The van der Waals surface area contributed by atoms with Crippen LogP contribution in [0.5, 0.6) is 5.75 Å². The smallest absolute Gasteiger partial charge is 0.302 e. The molecular weight excluding hydrogens is 307 g/mol. The summed E-state index contributed by atoms with van der Waals surface area (Å²) in [5.74, 6) is 0.630. The summed E-state index contributed by atoms with van der Waals surface area (Å²) in [6.45, 7) is 1.84. The van der Waals surface area contributed by atoms with E-state index in [0.29, 0.717) is 6.61 Å². The van der Waals surface area contributed by atoms with E-state index in [9.17, 15) is 4.79 Å². The normalized spacial score (nSPS) is 9.80. The van der Waals surface area contributed by atoms with Gasteiger partial charge in [0.05, 0.1) is 17.3 Å². The van der Waals surface area contributed by atoms with Crippen LogP contribution in [-0.4, -0.2) is 19.7 Å². The first-order chi connectivity index (χ1) is 7.13. The second-order valence-corrected chi connectivity index (χ2v) is 4.22. The summed E-state index contributed by atoms with van der Waals surface area (Å²) in [6, 6.07) is 5.93.